The fourth-order valence-corrected chi connectivity index (χ4v) is 5.95. The number of unbranched alkanes of at least 4 members (excludes halogenated alkanes) is 15. The van der Waals surface area contributed by atoms with Crippen LogP contribution in [0.4, 0.5) is 0 Å². The Morgan fingerprint density at radius 1 is 0.714 bits per heavy atom. The van der Waals surface area contributed by atoms with Crippen LogP contribution in [0.2, 0.25) is 0 Å². The Kier molecular flexibility index (Phi) is 31.0. The Balaban J connectivity index is 0. The van der Waals surface area contributed by atoms with Gasteiger partial charge in [-0.05, 0) is 32.1 Å². The highest BCUT2D eigenvalue weighted by Gasteiger charge is 2.31. The van der Waals surface area contributed by atoms with Gasteiger partial charge in [-0.3, -0.25) is 4.79 Å². The van der Waals surface area contributed by atoms with Gasteiger partial charge in [-0.15, -0.1) is 0 Å². The van der Waals surface area contributed by atoms with Gasteiger partial charge in [0.25, 0.3) is 0 Å². The van der Waals surface area contributed by atoms with Crippen LogP contribution in [0.25, 0.3) is 0 Å². The van der Waals surface area contributed by atoms with Crippen LogP contribution >= 0.6 is 7.68 Å². The van der Waals surface area contributed by atoms with E-state index < -0.39 is 25.9 Å². The molecule has 0 aromatic carbocycles. The molecule has 2 unspecified atom stereocenters. The van der Waals surface area contributed by atoms with Crippen molar-refractivity contribution in [2.24, 2.45) is 0 Å². The lowest BCUT2D eigenvalue weighted by Gasteiger charge is -2.33. The Labute approximate surface area is 258 Å². The third-order valence-corrected chi connectivity index (χ3v) is 9.32. The minimum atomic E-state index is -2.47. The van der Waals surface area contributed by atoms with Crippen LogP contribution in [0, 0.1) is 0 Å². The second-order valence-electron chi connectivity index (χ2n) is 12.2. The third kappa shape index (κ3) is 27.9. The summed E-state index contributed by atoms with van der Waals surface area (Å²) in [7, 11) is 1.09. The van der Waals surface area contributed by atoms with Gasteiger partial charge in [0, 0.05) is 32.3 Å². The fourth-order valence-electron chi connectivity index (χ4n) is 5.02. The number of nitrogens with zero attached hydrogens (tertiary/aromatic N) is 1. The molecule has 0 fully saturated rings. The lowest BCUT2D eigenvalue weighted by molar-refractivity contribution is -0.902. The first-order chi connectivity index (χ1) is 20.0. The number of quaternary nitrogens is 1. The largest absolute Gasteiger partial charge is 0.396 e. The lowest BCUT2D eigenvalue weighted by Crippen LogP contribution is -2.47. The molecule has 0 saturated heterocycles. The SMILES string of the molecule is CCC(P(=O)=O)[N+](C)(C)CCC(O)O.CCCCCCCCC=CCCCCCCCCCCCC(=O)C(O)CCO. The smallest absolute Gasteiger partial charge is 0.375 e. The number of hydrogen-bond donors (Lipinski definition) is 4. The summed E-state index contributed by atoms with van der Waals surface area (Å²) < 4.78 is 22.1. The molecule has 0 rings (SSSR count). The van der Waals surface area contributed by atoms with E-state index in [4.69, 9.17) is 15.3 Å². The van der Waals surface area contributed by atoms with Gasteiger partial charge in [-0.2, -0.15) is 0 Å². The first-order valence-corrected chi connectivity index (χ1v) is 18.1. The normalized spacial score (nSPS) is 13.3. The highest BCUT2D eigenvalue weighted by molar-refractivity contribution is 7.31. The number of Topliss-reactive ketones (excluding diaryl/α,β-unsaturated/α-hetero) is 1. The molecule has 0 aliphatic carbocycles. The van der Waals surface area contributed by atoms with E-state index in [-0.39, 0.29) is 29.7 Å². The van der Waals surface area contributed by atoms with Gasteiger partial charge < -0.3 is 24.9 Å². The molecule has 0 aliphatic rings. The van der Waals surface area contributed by atoms with Gasteiger partial charge in [-0.25, -0.2) is 9.13 Å². The minimum Gasteiger partial charge on any atom is -0.396 e. The molecular formula is C33H67NO7P+. The van der Waals surface area contributed by atoms with E-state index in [2.05, 4.69) is 19.1 Å². The van der Waals surface area contributed by atoms with Crippen molar-refractivity contribution >= 4 is 13.5 Å². The number of allylic oxidation sites excluding steroid dienone is 2. The summed E-state index contributed by atoms with van der Waals surface area (Å²) in [6.45, 7) is 4.39. The van der Waals surface area contributed by atoms with E-state index >= 15 is 0 Å². The van der Waals surface area contributed by atoms with Gasteiger partial charge in [0.05, 0.1) is 20.6 Å². The summed E-state index contributed by atoms with van der Waals surface area (Å²) in [5, 5.41) is 35.6. The Hall–Kier alpha value is -0.890. The van der Waals surface area contributed by atoms with Gasteiger partial charge in [-0.1, -0.05) is 103 Å². The van der Waals surface area contributed by atoms with Crippen molar-refractivity contribution in [3.8, 4) is 0 Å². The predicted molar refractivity (Wildman–Crippen MR) is 173 cm³/mol. The molecule has 42 heavy (non-hydrogen) atoms. The van der Waals surface area contributed by atoms with Crippen molar-refractivity contribution in [2.75, 3.05) is 27.2 Å². The Morgan fingerprint density at radius 2 is 1.17 bits per heavy atom. The summed E-state index contributed by atoms with van der Waals surface area (Å²) in [6.07, 6.45) is 25.6. The van der Waals surface area contributed by atoms with Crippen molar-refractivity contribution < 1.29 is 38.8 Å². The standard InChI is InChI=1S/C25H48O3.C8H19NO4P/c1-2-3-4-5-6-7-8-9-10-11-12-13-14-15-16-17-18-19-20-21-24(27)25(28)22-23-26;1-4-7(14(12)13)9(2,3)6-5-8(10)11/h9-10,25-26,28H,2-8,11-23H2,1H3;7-8,10-11H,4-6H2,1-3H3/q;+1. The van der Waals surface area contributed by atoms with E-state index in [0.29, 0.717) is 19.4 Å². The van der Waals surface area contributed by atoms with Crippen molar-refractivity contribution in [1.29, 1.82) is 0 Å². The Bertz CT molecular complexity index is 703. The average molecular weight is 621 g/mol. The van der Waals surface area contributed by atoms with E-state index in [1.807, 2.05) is 6.92 Å². The van der Waals surface area contributed by atoms with Gasteiger partial charge in [0.15, 0.2) is 17.9 Å². The number of rotatable bonds is 28. The quantitative estimate of drug-likeness (QED) is 0.0233. The molecule has 0 aromatic heterocycles. The highest BCUT2D eigenvalue weighted by atomic mass is 31.1. The van der Waals surface area contributed by atoms with Crippen LogP contribution in [-0.4, -0.2) is 76.1 Å². The number of carbonyl (C=O) groups excluding carboxylic acids is 1. The first-order valence-electron chi connectivity index (χ1n) is 16.8. The maximum atomic E-state index is 11.5. The molecule has 8 nitrogen and oxygen atoms in total. The monoisotopic (exact) mass is 620 g/mol. The van der Waals surface area contributed by atoms with E-state index in [0.717, 1.165) is 12.8 Å². The van der Waals surface area contributed by atoms with E-state index in [1.165, 1.54) is 96.3 Å². The molecule has 0 bridgehead atoms. The number of carbonyl (C=O) groups is 1. The molecule has 0 amide bonds. The molecule has 0 radical (unpaired) electrons. The average Bonchev–Trinajstić information content (AvgIpc) is 2.93. The van der Waals surface area contributed by atoms with E-state index in [1.54, 1.807) is 14.1 Å². The highest BCUT2D eigenvalue weighted by Crippen LogP contribution is 2.26. The first kappa shape index (κ1) is 43.2. The third-order valence-electron chi connectivity index (χ3n) is 7.84. The summed E-state index contributed by atoms with van der Waals surface area (Å²) in [4.78, 5) is 11.5. The number of ketones is 1. The van der Waals surface area contributed by atoms with Gasteiger partial charge in [0.1, 0.15) is 6.10 Å². The van der Waals surface area contributed by atoms with Crippen LogP contribution in [0.3, 0.4) is 0 Å². The zero-order chi connectivity index (χ0) is 32.1. The zero-order valence-corrected chi connectivity index (χ0v) is 28.5. The summed E-state index contributed by atoms with van der Waals surface area (Å²) >= 11 is 0. The molecule has 0 heterocycles. The molecular weight excluding hydrogens is 553 g/mol. The molecule has 9 heteroatoms. The van der Waals surface area contributed by atoms with Crippen molar-refractivity contribution in [1.82, 2.24) is 0 Å². The number of hydrogen-bond acceptors (Lipinski definition) is 7. The van der Waals surface area contributed by atoms with Crippen LogP contribution in [-0.2, 0) is 13.9 Å². The molecule has 0 aromatic rings. The molecule has 0 saturated carbocycles. The summed E-state index contributed by atoms with van der Waals surface area (Å²) in [5.74, 6) is -0.571. The predicted octanol–water partition coefficient (Wildman–Crippen LogP) is 7.57. The van der Waals surface area contributed by atoms with Crippen LogP contribution < -0.4 is 0 Å². The van der Waals surface area contributed by atoms with Gasteiger partial charge in [0.2, 0.25) is 0 Å². The van der Waals surface area contributed by atoms with E-state index in [9.17, 15) is 19.0 Å². The van der Waals surface area contributed by atoms with Gasteiger partial charge >= 0.3 is 7.68 Å². The van der Waals surface area contributed by atoms with Crippen molar-refractivity contribution in [3.63, 3.8) is 0 Å². The maximum absolute atomic E-state index is 11.5. The van der Waals surface area contributed by atoms with Crippen LogP contribution in [0.5, 0.6) is 0 Å². The minimum absolute atomic E-state index is 0.116. The zero-order valence-electron chi connectivity index (χ0n) is 27.6. The number of aliphatic hydroxyl groups excluding tert-OH is 3. The molecule has 2 atom stereocenters. The molecule has 0 spiro atoms. The number of aliphatic hydroxyl groups is 4. The van der Waals surface area contributed by atoms with Crippen LogP contribution in [0.15, 0.2) is 12.2 Å². The van der Waals surface area contributed by atoms with Crippen molar-refractivity contribution in [3.05, 3.63) is 12.2 Å². The Morgan fingerprint density at radius 3 is 1.57 bits per heavy atom. The molecule has 250 valence electrons. The molecule has 0 aliphatic heterocycles. The van der Waals surface area contributed by atoms with Crippen LogP contribution in [0.1, 0.15) is 149 Å². The lowest BCUT2D eigenvalue weighted by atomic mass is 10.0. The second kappa shape index (κ2) is 30.1. The fraction of sp³-hybridized carbons (Fsp3) is 0.909. The summed E-state index contributed by atoms with van der Waals surface area (Å²) in [6, 6.07) is 0. The second-order valence-corrected chi connectivity index (χ2v) is 13.4. The summed E-state index contributed by atoms with van der Waals surface area (Å²) in [5.41, 5.74) is 0. The topological polar surface area (TPSA) is 132 Å². The maximum Gasteiger partial charge on any atom is 0.375 e. The molecule has 4 N–H and O–H groups in total. The van der Waals surface area contributed by atoms with Crippen molar-refractivity contribution in [2.45, 2.75) is 167 Å².